The van der Waals surface area contributed by atoms with Crippen molar-refractivity contribution in [3.63, 3.8) is 0 Å². The van der Waals surface area contributed by atoms with Crippen LogP contribution in [0.2, 0.25) is 0 Å². The van der Waals surface area contributed by atoms with Crippen molar-refractivity contribution in [1.29, 1.82) is 0 Å². The van der Waals surface area contributed by atoms with Crippen molar-refractivity contribution in [2.75, 3.05) is 0 Å². The van der Waals surface area contributed by atoms with Crippen molar-refractivity contribution in [3.05, 3.63) is 48.0 Å². The number of benzene rings is 2. The summed E-state index contributed by atoms with van der Waals surface area (Å²) >= 11 is 0. The minimum absolute atomic E-state index is 0.0349. The van der Waals surface area contributed by atoms with Crippen LogP contribution in [0.3, 0.4) is 0 Å². The number of hydrogen-bond donors (Lipinski definition) is 2. The molecule has 2 rings (SSSR count). The molecular formula is C14H14N2O4S. The predicted molar refractivity (Wildman–Crippen MR) is 77.9 cm³/mol. The van der Waals surface area contributed by atoms with E-state index >= 15 is 0 Å². The Morgan fingerprint density at radius 1 is 1.05 bits per heavy atom. The summed E-state index contributed by atoms with van der Waals surface area (Å²) in [7, 11) is -4.21. The van der Waals surface area contributed by atoms with E-state index in [9.17, 15) is 13.5 Å². The summed E-state index contributed by atoms with van der Waals surface area (Å²) < 4.78 is 30.7. The van der Waals surface area contributed by atoms with Gasteiger partial charge in [0.05, 0.1) is 10.6 Å². The van der Waals surface area contributed by atoms with Crippen molar-refractivity contribution >= 4 is 21.5 Å². The summed E-state index contributed by atoms with van der Waals surface area (Å²) in [6.07, 6.45) is 0.808. The number of aryl methyl sites for hydroxylation is 1. The van der Waals surface area contributed by atoms with E-state index in [4.69, 9.17) is 4.55 Å². The van der Waals surface area contributed by atoms with Gasteiger partial charge in [-0.3, -0.25) is 4.55 Å². The van der Waals surface area contributed by atoms with Crippen LogP contribution in [-0.4, -0.2) is 18.1 Å². The highest BCUT2D eigenvalue weighted by molar-refractivity contribution is 7.85. The molecule has 0 saturated heterocycles. The van der Waals surface area contributed by atoms with Gasteiger partial charge in [0.25, 0.3) is 10.1 Å². The molecular weight excluding hydrogens is 292 g/mol. The van der Waals surface area contributed by atoms with E-state index in [-0.39, 0.29) is 10.6 Å². The van der Waals surface area contributed by atoms with E-state index < -0.39 is 10.1 Å². The lowest BCUT2D eigenvalue weighted by Gasteiger charge is -2.01. The van der Waals surface area contributed by atoms with Crippen molar-refractivity contribution in [2.24, 2.45) is 10.2 Å². The number of hydrogen-bond acceptors (Lipinski definition) is 5. The molecule has 0 amide bonds. The molecule has 0 bridgehead atoms. The van der Waals surface area contributed by atoms with Crippen LogP contribution in [0, 0.1) is 0 Å². The van der Waals surface area contributed by atoms with Crippen molar-refractivity contribution in [1.82, 2.24) is 0 Å². The van der Waals surface area contributed by atoms with Gasteiger partial charge in [0.15, 0.2) is 0 Å². The first-order valence-electron chi connectivity index (χ1n) is 6.21. The van der Waals surface area contributed by atoms with E-state index in [1.165, 1.54) is 24.3 Å². The summed E-state index contributed by atoms with van der Waals surface area (Å²) in [6, 6.07) is 10.4. The Morgan fingerprint density at radius 2 is 1.71 bits per heavy atom. The van der Waals surface area contributed by atoms with E-state index in [1.54, 1.807) is 12.1 Å². The molecule has 2 aromatic carbocycles. The molecule has 0 unspecified atom stereocenters. The van der Waals surface area contributed by atoms with E-state index in [0.29, 0.717) is 11.4 Å². The van der Waals surface area contributed by atoms with Crippen LogP contribution < -0.4 is 0 Å². The molecule has 0 aliphatic carbocycles. The molecule has 6 nitrogen and oxygen atoms in total. The predicted octanol–water partition coefficient (Wildman–Crippen LogP) is 3.62. The maximum Gasteiger partial charge on any atom is 0.294 e. The van der Waals surface area contributed by atoms with Crippen LogP contribution in [0.4, 0.5) is 11.4 Å². The van der Waals surface area contributed by atoms with Crippen LogP contribution in [0.15, 0.2) is 57.6 Å². The lowest BCUT2D eigenvalue weighted by Crippen LogP contribution is -1.96. The Balaban J connectivity index is 2.22. The van der Waals surface area contributed by atoms with Crippen LogP contribution >= 0.6 is 0 Å². The van der Waals surface area contributed by atoms with Crippen molar-refractivity contribution in [2.45, 2.75) is 18.2 Å². The minimum atomic E-state index is -4.21. The molecule has 0 aliphatic rings. The molecule has 0 fully saturated rings. The quantitative estimate of drug-likeness (QED) is 0.665. The van der Waals surface area contributed by atoms with Gasteiger partial charge < -0.3 is 5.11 Å². The van der Waals surface area contributed by atoms with Gasteiger partial charge in [-0.05, 0) is 48.4 Å². The first-order chi connectivity index (χ1) is 9.90. The van der Waals surface area contributed by atoms with Crippen LogP contribution in [-0.2, 0) is 16.5 Å². The molecule has 21 heavy (non-hydrogen) atoms. The summed E-state index contributed by atoms with van der Waals surface area (Å²) in [6.45, 7) is 1.98. The Hall–Kier alpha value is -2.25. The topological polar surface area (TPSA) is 99.3 Å². The monoisotopic (exact) mass is 306 g/mol. The fourth-order valence-corrected chi connectivity index (χ4v) is 2.15. The summed E-state index contributed by atoms with van der Waals surface area (Å²) in [5, 5.41) is 17.6. The number of nitrogens with zero attached hydrogens (tertiary/aromatic N) is 2. The number of phenols is 1. The average Bonchev–Trinajstić information content (AvgIpc) is 2.45. The first kappa shape index (κ1) is 15.1. The zero-order valence-electron chi connectivity index (χ0n) is 11.3. The Morgan fingerprint density at radius 3 is 2.24 bits per heavy atom. The van der Waals surface area contributed by atoms with Crippen LogP contribution in [0.5, 0.6) is 5.75 Å². The molecule has 0 aromatic heterocycles. The molecule has 0 radical (unpaired) electrons. The summed E-state index contributed by atoms with van der Waals surface area (Å²) in [5.74, 6) is 0.0349. The molecule has 7 heteroatoms. The highest BCUT2D eigenvalue weighted by Gasteiger charge is 2.08. The highest BCUT2D eigenvalue weighted by atomic mass is 32.2. The maximum atomic E-state index is 10.9. The fourth-order valence-electron chi connectivity index (χ4n) is 1.67. The number of azo groups is 1. The standard InChI is InChI=1S/C14H14N2O4S/c1-2-10-3-8-13(14(17)9-10)16-15-11-4-6-12(7-5-11)21(18,19)20/h3-9,17H,2H2,1H3,(H,18,19,20). The average molecular weight is 306 g/mol. The fraction of sp³-hybridized carbons (Fsp3) is 0.143. The number of aromatic hydroxyl groups is 1. The normalized spacial score (nSPS) is 11.9. The third kappa shape index (κ3) is 3.87. The SMILES string of the molecule is CCc1ccc(N=Nc2ccc(S(=O)(=O)O)cc2)c(O)c1. The van der Waals surface area contributed by atoms with E-state index in [2.05, 4.69) is 10.2 Å². The lowest BCUT2D eigenvalue weighted by molar-refractivity contribution is 0.475. The van der Waals surface area contributed by atoms with Crippen molar-refractivity contribution < 1.29 is 18.1 Å². The molecule has 0 saturated carbocycles. The Labute approximate surface area is 122 Å². The molecule has 0 atom stereocenters. The third-order valence-electron chi connectivity index (χ3n) is 2.86. The zero-order chi connectivity index (χ0) is 15.5. The number of rotatable bonds is 4. The molecule has 2 N–H and O–H groups in total. The summed E-state index contributed by atoms with van der Waals surface area (Å²) in [5.41, 5.74) is 1.72. The van der Waals surface area contributed by atoms with Gasteiger partial charge >= 0.3 is 0 Å². The van der Waals surface area contributed by atoms with E-state index in [0.717, 1.165) is 12.0 Å². The summed E-state index contributed by atoms with van der Waals surface area (Å²) in [4.78, 5) is -0.211. The lowest BCUT2D eigenvalue weighted by atomic mass is 10.1. The van der Waals surface area contributed by atoms with Gasteiger partial charge in [-0.1, -0.05) is 13.0 Å². The van der Waals surface area contributed by atoms with Gasteiger partial charge in [-0.15, -0.1) is 5.11 Å². The zero-order valence-corrected chi connectivity index (χ0v) is 12.1. The highest BCUT2D eigenvalue weighted by Crippen LogP contribution is 2.29. The Kier molecular flexibility index (Phi) is 4.35. The smallest absolute Gasteiger partial charge is 0.294 e. The van der Waals surface area contributed by atoms with Gasteiger partial charge in [-0.2, -0.15) is 13.5 Å². The van der Waals surface area contributed by atoms with Gasteiger partial charge in [0.2, 0.25) is 0 Å². The van der Waals surface area contributed by atoms with Gasteiger partial charge in [0.1, 0.15) is 11.4 Å². The molecule has 0 aliphatic heterocycles. The van der Waals surface area contributed by atoms with Crippen LogP contribution in [0.1, 0.15) is 12.5 Å². The largest absolute Gasteiger partial charge is 0.506 e. The first-order valence-corrected chi connectivity index (χ1v) is 7.65. The van der Waals surface area contributed by atoms with Gasteiger partial charge in [-0.25, -0.2) is 0 Å². The second-order valence-electron chi connectivity index (χ2n) is 4.35. The number of phenolic OH excluding ortho intramolecular Hbond substituents is 1. The molecule has 0 spiro atoms. The second-order valence-corrected chi connectivity index (χ2v) is 5.77. The van der Waals surface area contributed by atoms with E-state index in [1.807, 2.05) is 13.0 Å². The third-order valence-corrected chi connectivity index (χ3v) is 3.72. The molecule has 2 aromatic rings. The molecule has 110 valence electrons. The maximum absolute atomic E-state index is 10.9. The second kappa shape index (κ2) is 6.02. The van der Waals surface area contributed by atoms with Crippen LogP contribution in [0.25, 0.3) is 0 Å². The van der Waals surface area contributed by atoms with Crippen molar-refractivity contribution in [3.8, 4) is 5.75 Å². The Bertz CT molecular complexity index is 768. The minimum Gasteiger partial charge on any atom is -0.506 e. The molecule has 0 heterocycles. The van der Waals surface area contributed by atoms with Gasteiger partial charge in [0, 0.05) is 0 Å².